The fraction of sp³-hybridized carbons (Fsp3) is 0.500. The van der Waals surface area contributed by atoms with E-state index in [9.17, 15) is 14.0 Å². The zero-order chi connectivity index (χ0) is 28.3. The van der Waals surface area contributed by atoms with Crippen LogP contribution in [0, 0.1) is 5.92 Å². The molecule has 0 saturated carbocycles. The average molecular weight is 566 g/mol. The Bertz CT molecular complexity index is 1410. The normalized spacial score (nSPS) is 21.5. The van der Waals surface area contributed by atoms with Gasteiger partial charge in [0, 0.05) is 31.6 Å². The van der Waals surface area contributed by atoms with E-state index in [0.717, 1.165) is 79.2 Å². The highest BCUT2D eigenvalue weighted by Crippen LogP contribution is 2.36. The van der Waals surface area contributed by atoms with Crippen LogP contribution in [0.5, 0.6) is 5.75 Å². The number of hydrogen-bond acceptors (Lipinski definition) is 8. The lowest BCUT2D eigenvalue weighted by Gasteiger charge is -2.33. The predicted octanol–water partition coefficient (Wildman–Crippen LogP) is 5.24. The van der Waals surface area contributed by atoms with Gasteiger partial charge in [0.1, 0.15) is 29.5 Å². The zero-order valence-electron chi connectivity index (χ0n) is 23.3. The van der Waals surface area contributed by atoms with E-state index < -0.39 is 6.43 Å². The standard InChI is InChI=1S/C30H37F2N7O2/c1-33-24-16-22(6-7-25(24)41-23-10-14-39(40)15-11-23)27-28-30(35-18-34-27)37-29(36-28)21-4-2-19(3-5-21)20-8-12-38(13-9-20)17-26(31)32/h2-4,6-7,16,18,20-21,23,26,33,40H,5,8-15,17H2,1H3,(H,34,35,36,37). The smallest absolute Gasteiger partial charge is 0.251 e. The van der Waals surface area contributed by atoms with E-state index in [1.807, 2.05) is 30.1 Å². The second kappa shape index (κ2) is 12.2. The van der Waals surface area contributed by atoms with Gasteiger partial charge in [-0.05, 0) is 74.9 Å². The largest absolute Gasteiger partial charge is 0.488 e. The van der Waals surface area contributed by atoms with Crippen LogP contribution in [-0.2, 0) is 0 Å². The Hall–Kier alpha value is -3.41. The number of ether oxygens (including phenoxy) is 1. The highest BCUT2D eigenvalue weighted by molar-refractivity contribution is 5.88. The van der Waals surface area contributed by atoms with Gasteiger partial charge < -0.3 is 20.2 Å². The summed E-state index contributed by atoms with van der Waals surface area (Å²) in [5.41, 5.74) is 5.29. The molecule has 4 heterocycles. The second-order valence-electron chi connectivity index (χ2n) is 11.1. The van der Waals surface area contributed by atoms with E-state index in [4.69, 9.17) is 9.72 Å². The van der Waals surface area contributed by atoms with Gasteiger partial charge in [0.25, 0.3) is 6.43 Å². The van der Waals surface area contributed by atoms with Crippen molar-refractivity contribution in [3.63, 3.8) is 0 Å². The molecule has 0 amide bonds. The van der Waals surface area contributed by atoms with Crippen molar-refractivity contribution in [3.8, 4) is 17.0 Å². The van der Waals surface area contributed by atoms with Crippen LogP contribution in [0.25, 0.3) is 22.4 Å². The molecule has 1 aromatic carbocycles. The van der Waals surface area contributed by atoms with Crippen molar-refractivity contribution in [1.82, 2.24) is 29.9 Å². The van der Waals surface area contributed by atoms with Crippen molar-refractivity contribution in [2.24, 2.45) is 5.92 Å². The summed E-state index contributed by atoms with van der Waals surface area (Å²) in [6, 6.07) is 5.99. The lowest BCUT2D eigenvalue weighted by molar-refractivity contribution is -0.118. The Kier molecular flexibility index (Phi) is 8.27. The van der Waals surface area contributed by atoms with Crippen LogP contribution < -0.4 is 10.1 Å². The number of hydroxylamine groups is 2. The summed E-state index contributed by atoms with van der Waals surface area (Å²) < 4.78 is 31.7. The third kappa shape index (κ3) is 6.27. The highest BCUT2D eigenvalue weighted by atomic mass is 19.3. The molecule has 3 N–H and O–H groups in total. The molecular weight excluding hydrogens is 528 g/mol. The molecule has 2 aromatic heterocycles. The van der Waals surface area contributed by atoms with E-state index in [2.05, 4.69) is 38.5 Å². The van der Waals surface area contributed by atoms with Crippen LogP contribution in [0.2, 0.25) is 0 Å². The maximum atomic E-state index is 12.7. The number of alkyl halides is 2. The minimum atomic E-state index is -2.27. The number of rotatable bonds is 8. The first kappa shape index (κ1) is 27.7. The van der Waals surface area contributed by atoms with Crippen molar-refractivity contribution in [2.75, 3.05) is 45.1 Å². The van der Waals surface area contributed by atoms with Crippen molar-refractivity contribution in [3.05, 3.63) is 54.2 Å². The molecule has 0 bridgehead atoms. The van der Waals surface area contributed by atoms with Crippen LogP contribution in [-0.4, -0.2) is 87.4 Å². The van der Waals surface area contributed by atoms with Crippen molar-refractivity contribution in [2.45, 2.75) is 50.6 Å². The summed E-state index contributed by atoms with van der Waals surface area (Å²) in [4.78, 5) is 19.2. The second-order valence-corrected chi connectivity index (χ2v) is 11.1. The van der Waals surface area contributed by atoms with E-state index >= 15 is 0 Å². The number of piperidine rings is 2. The van der Waals surface area contributed by atoms with E-state index in [1.54, 1.807) is 6.33 Å². The van der Waals surface area contributed by atoms with Gasteiger partial charge in [-0.15, -0.1) is 0 Å². The molecule has 1 atom stereocenters. The molecule has 6 rings (SSSR count). The molecule has 1 unspecified atom stereocenters. The first-order valence-corrected chi connectivity index (χ1v) is 14.5. The van der Waals surface area contributed by atoms with Crippen LogP contribution in [0.3, 0.4) is 0 Å². The number of anilines is 1. The summed E-state index contributed by atoms with van der Waals surface area (Å²) in [6.45, 7) is 2.53. The zero-order valence-corrected chi connectivity index (χ0v) is 23.3. The number of halogens is 2. The molecule has 2 aliphatic heterocycles. The fourth-order valence-electron chi connectivity index (χ4n) is 6.14. The molecule has 3 aromatic rings. The van der Waals surface area contributed by atoms with Crippen LogP contribution in [0.1, 0.15) is 43.8 Å². The summed E-state index contributed by atoms with van der Waals surface area (Å²) >= 11 is 0. The first-order chi connectivity index (χ1) is 20.0. The molecule has 1 aliphatic carbocycles. The maximum Gasteiger partial charge on any atom is 0.251 e. The fourth-order valence-corrected chi connectivity index (χ4v) is 6.14. The summed E-state index contributed by atoms with van der Waals surface area (Å²) in [5, 5.41) is 14.2. The number of hydrogen-bond donors (Lipinski definition) is 3. The number of allylic oxidation sites excluding steroid dienone is 4. The van der Waals surface area contributed by atoms with Crippen molar-refractivity contribution >= 4 is 16.9 Å². The Morgan fingerprint density at radius 1 is 1.12 bits per heavy atom. The summed E-state index contributed by atoms with van der Waals surface area (Å²) in [7, 11) is 1.87. The third-order valence-corrected chi connectivity index (χ3v) is 8.48. The molecular formula is C30H37F2N7O2. The lowest BCUT2D eigenvalue weighted by Crippen LogP contribution is -2.37. The predicted molar refractivity (Wildman–Crippen MR) is 153 cm³/mol. The van der Waals surface area contributed by atoms with Gasteiger partial charge in [-0.25, -0.2) is 23.7 Å². The average Bonchev–Trinajstić information content (AvgIpc) is 3.43. The van der Waals surface area contributed by atoms with Gasteiger partial charge in [0.05, 0.1) is 17.9 Å². The van der Waals surface area contributed by atoms with Gasteiger partial charge in [0.15, 0.2) is 5.65 Å². The van der Waals surface area contributed by atoms with Gasteiger partial charge in [-0.3, -0.25) is 4.90 Å². The molecule has 2 fully saturated rings. The van der Waals surface area contributed by atoms with Gasteiger partial charge in [-0.2, -0.15) is 5.06 Å². The van der Waals surface area contributed by atoms with Crippen LogP contribution in [0.15, 0.2) is 48.3 Å². The minimum absolute atomic E-state index is 0.0636. The first-order valence-electron chi connectivity index (χ1n) is 14.5. The van der Waals surface area contributed by atoms with Crippen molar-refractivity contribution < 1.29 is 18.7 Å². The minimum Gasteiger partial charge on any atom is -0.488 e. The number of likely N-dealkylation sites (tertiary alicyclic amines) is 1. The molecule has 2 saturated heterocycles. The number of nitrogens with one attached hydrogen (secondary N) is 2. The number of imidazole rings is 1. The number of nitrogens with zero attached hydrogens (tertiary/aromatic N) is 5. The Morgan fingerprint density at radius 3 is 2.63 bits per heavy atom. The molecule has 218 valence electrons. The monoisotopic (exact) mass is 565 g/mol. The SMILES string of the molecule is CNc1cc(-c2ncnc3nc(C4C=CC(C5CCN(CC(F)F)CC5)=CC4)[nH]c23)ccc1OC1CCN(O)CC1. The quantitative estimate of drug-likeness (QED) is 0.341. The van der Waals surface area contributed by atoms with Crippen molar-refractivity contribution in [1.29, 1.82) is 0 Å². The number of H-pyrrole nitrogens is 1. The Labute approximate surface area is 238 Å². The molecule has 41 heavy (non-hydrogen) atoms. The summed E-state index contributed by atoms with van der Waals surface area (Å²) in [5.74, 6) is 2.15. The highest BCUT2D eigenvalue weighted by Gasteiger charge is 2.26. The van der Waals surface area contributed by atoms with Gasteiger partial charge in [0.2, 0.25) is 0 Å². The molecule has 0 radical (unpaired) electrons. The molecule has 9 nitrogen and oxygen atoms in total. The molecule has 0 spiro atoms. The number of aromatic amines is 1. The van der Waals surface area contributed by atoms with Crippen LogP contribution in [0.4, 0.5) is 14.5 Å². The Morgan fingerprint density at radius 2 is 1.93 bits per heavy atom. The molecule has 3 aliphatic rings. The number of fused-ring (bicyclic) bond motifs is 1. The van der Waals surface area contributed by atoms with Gasteiger partial charge in [-0.1, -0.05) is 18.2 Å². The lowest BCUT2D eigenvalue weighted by atomic mass is 9.84. The number of benzene rings is 1. The van der Waals surface area contributed by atoms with E-state index in [-0.39, 0.29) is 18.6 Å². The number of aromatic nitrogens is 4. The van der Waals surface area contributed by atoms with E-state index in [0.29, 0.717) is 24.7 Å². The topological polar surface area (TPSA) is 102 Å². The van der Waals surface area contributed by atoms with Crippen LogP contribution >= 0.6 is 0 Å². The maximum absolute atomic E-state index is 12.7. The third-order valence-electron chi connectivity index (χ3n) is 8.48. The summed E-state index contributed by atoms with van der Waals surface area (Å²) in [6.07, 6.45) is 10.2. The molecule has 11 heteroatoms. The Balaban J connectivity index is 1.15. The van der Waals surface area contributed by atoms with Gasteiger partial charge >= 0.3 is 0 Å². The van der Waals surface area contributed by atoms with E-state index in [1.165, 1.54) is 10.6 Å².